The molecule has 21 heavy (non-hydrogen) atoms. The van der Waals surface area contributed by atoms with E-state index in [0.29, 0.717) is 18.6 Å². The molecule has 2 bridgehead atoms. The third-order valence-electron chi connectivity index (χ3n) is 4.94. The van der Waals surface area contributed by atoms with Crippen molar-refractivity contribution in [2.75, 3.05) is 32.8 Å². The van der Waals surface area contributed by atoms with Crippen LogP contribution < -0.4 is 0 Å². The Morgan fingerprint density at radius 3 is 2.24 bits per heavy atom. The lowest BCUT2D eigenvalue weighted by Crippen LogP contribution is -2.52. The van der Waals surface area contributed by atoms with E-state index in [1.807, 2.05) is 4.90 Å². The summed E-state index contributed by atoms with van der Waals surface area (Å²) >= 11 is 0. The Bertz CT molecular complexity index is 618. The molecule has 0 N–H and O–H groups in total. The van der Waals surface area contributed by atoms with Crippen LogP contribution in [0.2, 0.25) is 0 Å². The maximum Gasteiger partial charge on any atom is 0.0510 e. The van der Waals surface area contributed by atoms with Crippen molar-refractivity contribution < 1.29 is 11.0 Å². The Morgan fingerprint density at radius 2 is 1.76 bits per heavy atom. The monoisotopic (exact) mass is 301 g/mol. The van der Waals surface area contributed by atoms with Crippen LogP contribution in [0.25, 0.3) is 0 Å². The minimum absolute atomic E-state index is 0.122. The van der Waals surface area contributed by atoms with Gasteiger partial charge in [0.15, 0.2) is 0 Å². The summed E-state index contributed by atoms with van der Waals surface area (Å²) in [7, 11) is 0. The van der Waals surface area contributed by atoms with Crippen molar-refractivity contribution in [2.24, 2.45) is 11.3 Å². The van der Waals surface area contributed by atoms with Crippen molar-refractivity contribution in [1.82, 2.24) is 14.7 Å². The zero-order chi connectivity index (χ0) is 22.4. The average Bonchev–Trinajstić information content (AvgIpc) is 3.08. The smallest absolute Gasteiger partial charge is 0.0510 e. The molecule has 0 aromatic heterocycles. The van der Waals surface area contributed by atoms with E-state index in [-0.39, 0.29) is 12.7 Å². The van der Waals surface area contributed by atoms with Crippen molar-refractivity contribution >= 4 is 0 Å². The van der Waals surface area contributed by atoms with Gasteiger partial charge in [-0.2, -0.15) is 0 Å². The summed E-state index contributed by atoms with van der Waals surface area (Å²) in [5.41, 5.74) is -0.954. The van der Waals surface area contributed by atoms with Gasteiger partial charge >= 0.3 is 0 Å². The zero-order valence-corrected chi connectivity index (χ0v) is 14.0. The van der Waals surface area contributed by atoms with Crippen molar-refractivity contribution in [1.29, 1.82) is 0 Å². The van der Waals surface area contributed by atoms with E-state index in [4.69, 9.17) is 11.0 Å². The van der Waals surface area contributed by atoms with Gasteiger partial charge in [-0.3, -0.25) is 14.7 Å². The fraction of sp³-hybridized carbons (Fsp3) is 1.00. The SMILES string of the molecule is [2H]C1([2H])C(C(C)(C)C)C([2H])([2H])C([2H])([2H])N(CN2CC3CC2CN3C(C)C)C1([2H])[2H]. The Labute approximate surface area is 142 Å². The maximum absolute atomic E-state index is 8.61. The first-order valence-corrected chi connectivity index (χ1v) is 8.14. The molecule has 0 amide bonds. The van der Waals surface area contributed by atoms with E-state index in [0.717, 1.165) is 17.9 Å². The number of piperidine rings is 1. The van der Waals surface area contributed by atoms with Crippen LogP contribution in [0.15, 0.2) is 0 Å². The Balaban J connectivity index is 1.94. The standard InChI is InChI=1S/C18H35N3/c1-14(2)21-12-16-10-17(21)11-20(16)13-19-8-6-15(7-9-19)18(3,4)5/h14-17H,6-13H2,1-5H3/i6D2,7D2,8D2,9D2. The molecule has 3 nitrogen and oxygen atoms in total. The molecule has 3 aliphatic rings. The van der Waals surface area contributed by atoms with Gasteiger partial charge in [-0.1, -0.05) is 20.8 Å². The highest BCUT2D eigenvalue weighted by atomic mass is 15.4. The van der Waals surface area contributed by atoms with Crippen LogP contribution in [0, 0.1) is 11.3 Å². The molecule has 0 spiro atoms. The molecule has 2 atom stereocenters. The van der Waals surface area contributed by atoms with Gasteiger partial charge in [-0.05, 0) is 57.3 Å². The van der Waals surface area contributed by atoms with Crippen LogP contribution in [-0.4, -0.2) is 65.6 Å². The van der Waals surface area contributed by atoms with Gasteiger partial charge in [0, 0.05) is 42.2 Å². The lowest BCUT2D eigenvalue weighted by atomic mass is 9.75. The molecule has 0 aromatic carbocycles. The van der Waals surface area contributed by atoms with Crippen molar-refractivity contribution in [3.8, 4) is 0 Å². The summed E-state index contributed by atoms with van der Waals surface area (Å²) in [6, 6.07) is 0.902. The third-order valence-corrected chi connectivity index (χ3v) is 4.94. The van der Waals surface area contributed by atoms with Gasteiger partial charge in [0.25, 0.3) is 0 Å². The fourth-order valence-corrected chi connectivity index (χ4v) is 3.62. The second-order valence-electron chi connectivity index (χ2n) is 7.99. The number of likely N-dealkylation sites (tertiary alicyclic amines) is 3. The fourth-order valence-electron chi connectivity index (χ4n) is 3.62. The molecule has 0 aliphatic carbocycles. The maximum atomic E-state index is 8.61. The van der Waals surface area contributed by atoms with E-state index in [2.05, 4.69) is 18.7 Å². The number of hydrogen-bond acceptors (Lipinski definition) is 3. The van der Waals surface area contributed by atoms with Crippen LogP contribution in [0.3, 0.4) is 0 Å². The predicted molar refractivity (Wildman–Crippen MR) is 89.4 cm³/mol. The number of piperazine rings is 1. The highest BCUT2D eigenvalue weighted by molar-refractivity contribution is 5.00. The number of nitrogens with zero attached hydrogens (tertiary/aromatic N) is 3. The molecule has 3 fully saturated rings. The van der Waals surface area contributed by atoms with Crippen LogP contribution in [0.1, 0.15) is 64.8 Å². The van der Waals surface area contributed by atoms with E-state index < -0.39 is 37.1 Å². The Kier molecular flexibility index (Phi) is 2.40. The topological polar surface area (TPSA) is 9.72 Å². The van der Waals surface area contributed by atoms with Crippen molar-refractivity contribution in [3.63, 3.8) is 0 Å². The minimum atomic E-state index is -2.65. The van der Waals surface area contributed by atoms with Gasteiger partial charge in [0.1, 0.15) is 0 Å². The van der Waals surface area contributed by atoms with E-state index in [9.17, 15) is 0 Å². The molecule has 3 aliphatic heterocycles. The van der Waals surface area contributed by atoms with Crippen LogP contribution in [-0.2, 0) is 0 Å². The molecule has 0 saturated carbocycles. The molecular weight excluding hydrogens is 258 g/mol. The minimum Gasteiger partial charge on any atom is -0.295 e. The zero-order valence-electron chi connectivity index (χ0n) is 22.0. The van der Waals surface area contributed by atoms with E-state index in [1.165, 1.54) is 0 Å². The first-order chi connectivity index (χ1) is 12.9. The number of hydrogen-bond donors (Lipinski definition) is 0. The molecule has 3 rings (SSSR count). The molecule has 3 saturated heterocycles. The van der Waals surface area contributed by atoms with E-state index in [1.54, 1.807) is 20.8 Å². The second-order valence-corrected chi connectivity index (χ2v) is 7.99. The first-order valence-electron chi connectivity index (χ1n) is 12.1. The molecular formula is C18H35N3. The van der Waals surface area contributed by atoms with Gasteiger partial charge in [0.2, 0.25) is 0 Å². The van der Waals surface area contributed by atoms with Gasteiger partial charge in [0.05, 0.1) is 6.67 Å². The first kappa shape index (κ1) is 8.65. The van der Waals surface area contributed by atoms with Crippen molar-refractivity contribution in [2.45, 2.75) is 71.9 Å². The lowest BCUT2D eigenvalue weighted by molar-refractivity contribution is 0.0310. The predicted octanol–water partition coefficient (Wildman–Crippen LogP) is 2.87. The summed E-state index contributed by atoms with van der Waals surface area (Å²) in [5.74, 6) is -1.45. The largest absolute Gasteiger partial charge is 0.295 e. The normalized spacial score (nSPS) is 48.7. The highest BCUT2D eigenvalue weighted by Gasteiger charge is 2.44. The number of fused-ring (bicyclic) bond motifs is 2. The summed E-state index contributed by atoms with van der Waals surface area (Å²) in [5, 5.41) is 0. The Morgan fingerprint density at radius 1 is 1.10 bits per heavy atom. The molecule has 0 radical (unpaired) electrons. The molecule has 3 heterocycles. The second kappa shape index (κ2) is 5.82. The summed E-state index contributed by atoms with van der Waals surface area (Å²) in [6.07, 6.45) is -4.20. The van der Waals surface area contributed by atoms with Gasteiger partial charge in [-0.25, -0.2) is 0 Å². The molecule has 2 unspecified atom stereocenters. The number of rotatable bonds is 3. The van der Waals surface area contributed by atoms with E-state index >= 15 is 0 Å². The van der Waals surface area contributed by atoms with Crippen LogP contribution in [0.4, 0.5) is 0 Å². The van der Waals surface area contributed by atoms with Crippen LogP contribution >= 0.6 is 0 Å². The molecule has 0 aromatic rings. The highest BCUT2D eigenvalue weighted by Crippen LogP contribution is 2.36. The van der Waals surface area contributed by atoms with Crippen LogP contribution in [0.5, 0.6) is 0 Å². The van der Waals surface area contributed by atoms with Gasteiger partial charge in [-0.15, -0.1) is 0 Å². The molecule has 3 heteroatoms. The lowest BCUT2D eigenvalue weighted by Gasteiger charge is -2.42. The quantitative estimate of drug-likeness (QED) is 0.793. The van der Waals surface area contributed by atoms with Gasteiger partial charge < -0.3 is 0 Å². The van der Waals surface area contributed by atoms with Crippen molar-refractivity contribution in [3.05, 3.63) is 0 Å². The summed E-state index contributed by atoms with van der Waals surface area (Å²) < 4.78 is 68.8. The molecule has 122 valence electrons. The Hall–Kier alpha value is -0.120. The third kappa shape index (κ3) is 3.30. The summed E-state index contributed by atoms with van der Waals surface area (Å²) in [4.78, 5) is 5.21. The summed E-state index contributed by atoms with van der Waals surface area (Å²) in [6.45, 7) is 5.29. The average molecular weight is 302 g/mol.